The highest BCUT2D eigenvalue weighted by atomic mass is 32.1. The zero-order valence-corrected chi connectivity index (χ0v) is 14.5. The minimum Gasteiger partial charge on any atom is -0.309 e. The summed E-state index contributed by atoms with van der Waals surface area (Å²) in [6, 6.07) is 10.6. The quantitative estimate of drug-likeness (QED) is 0.675. The second kappa shape index (κ2) is 7.26. The fraction of sp³-hybridized carbons (Fsp3) is 0.0625. The van der Waals surface area contributed by atoms with E-state index in [2.05, 4.69) is 10.3 Å². The van der Waals surface area contributed by atoms with E-state index in [9.17, 15) is 22.8 Å². The van der Waals surface area contributed by atoms with Crippen LogP contribution in [0.3, 0.4) is 0 Å². The van der Waals surface area contributed by atoms with Crippen molar-refractivity contribution in [2.24, 2.45) is 0 Å². The van der Waals surface area contributed by atoms with E-state index in [1.807, 2.05) is 30.3 Å². The largest absolute Gasteiger partial charge is 0.471 e. The molecule has 2 N–H and O–H groups in total. The van der Waals surface area contributed by atoms with Crippen molar-refractivity contribution in [3.05, 3.63) is 52.7 Å². The number of carbonyl (C=O) groups is 2. The summed E-state index contributed by atoms with van der Waals surface area (Å²) in [5.74, 6) is -2.78. The molecule has 2 aromatic heterocycles. The Morgan fingerprint density at radius 2 is 1.73 bits per heavy atom. The number of thiophene rings is 1. The number of hydrogen-bond donors (Lipinski definition) is 2. The summed E-state index contributed by atoms with van der Waals surface area (Å²) in [5.41, 5.74) is 1.48. The number of carbonyl (C=O) groups excluding carboxylic acids is 2. The molecule has 3 aromatic rings. The lowest BCUT2D eigenvalue weighted by Crippen LogP contribution is -2.30. The summed E-state index contributed by atoms with van der Waals surface area (Å²) >= 11 is 2.01. The smallest absolute Gasteiger partial charge is 0.309 e. The molecule has 1 aromatic carbocycles. The van der Waals surface area contributed by atoms with Gasteiger partial charge in [-0.3, -0.25) is 14.9 Å². The zero-order valence-electron chi connectivity index (χ0n) is 12.8. The van der Waals surface area contributed by atoms with Crippen LogP contribution in [0.15, 0.2) is 47.2 Å². The Bertz CT molecular complexity index is 936. The van der Waals surface area contributed by atoms with Crippen LogP contribution in [0.2, 0.25) is 0 Å². The molecule has 0 aliphatic heterocycles. The van der Waals surface area contributed by atoms with E-state index < -0.39 is 18.0 Å². The van der Waals surface area contributed by atoms with Gasteiger partial charge in [0.15, 0.2) is 5.13 Å². The van der Waals surface area contributed by atoms with Gasteiger partial charge in [-0.1, -0.05) is 30.3 Å². The van der Waals surface area contributed by atoms with Crippen molar-refractivity contribution in [2.45, 2.75) is 6.18 Å². The summed E-state index contributed by atoms with van der Waals surface area (Å²) in [6.07, 6.45) is -5.03. The molecule has 0 saturated carbocycles. The van der Waals surface area contributed by atoms with Gasteiger partial charge in [0.2, 0.25) is 0 Å². The predicted octanol–water partition coefficient (Wildman–Crippen LogP) is 4.62. The third-order valence-electron chi connectivity index (χ3n) is 3.19. The Labute approximate surface area is 153 Å². The first-order valence-corrected chi connectivity index (χ1v) is 8.88. The number of anilines is 2. The third-order valence-corrected chi connectivity index (χ3v) is 4.78. The van der Waals surface area contributed by atoms with Crippen molar-refractivity contribution in [3.63, 3.8) is 0 Å². The Morgan fingerprint density at radius 3 is 2.42 bits per heavy atom. The Hall–Kier alpha value is -2.72. The summed E-state index contributed by atoms with van der Waals surface area (Å²) < 4.78 is 37.1. The molecule has 0 bridgehead atoms. The van der Waals surface area contributed by atoms with Crippen LogP contribution >= 0.6 is 22.7 Å². The van der Waals surface area contributed by atoms with Gasteiger partial charge in [-0.15, -0.1) is 22.7 Å². The first-order chi connectivity index (χ1) is 12.3. The van der Waals surface area contributed by atoms with Gasteiger partial charge in [0.05, 0.1) is 11.3 Å². The number of rotatable bonds is 4. The molecular formula is C16H10F3N3O2S2. The van der Waals surface area contributed by atoms with E-state index in [0.717, 1.165) is 16.9 Å². The van der Waals surface area contributed by atoms with E-state index in [1.165, 1.54) is 22.8 Å². The second-order valence-corrected chi connectivity index (χ2v) is 6.75. The van der Waals surface area contributed by atoms with Gasteiger partial charge >= 0.3 is 12.1 Å². The number of amides is 2. The maximum atomic E-state index is 12.4. The van der Waals surface area contributed by atoms with Gasteiger partial charge in [0.1, 0.15) is 5.00 Å². The van der Waals surface area contributed by atoms with Crippen LogP contribution < -0.4 is 10.6 Å². The number of nitrogens with zero attached hydrogens (tertiary/aromatic N) is 1. The molecule has 3 rings (SSSR count). The van der Waals surface area contributed by atoms with Crippen LogP contribution in [-0.4, -0.2) is 23.0 Å². The average molecular weight is 397 g/mol. The fourth-order valence-corrected chi connectivity index (χ4v) is 3.49. The van der Waals surface area contributed by atoms with Gasteiger partial charge in [0.25, 0.3) is 5.91 Å². The van der Waals surface area contributed by atoms with Crippen LogP contribution in [0.25, 0.3) is 11.3 Å². The van der Waals surface area contributed by atoms with Crippen molar-refractivity contribution in [2.75, 3.05) is 10.6 Å². The van der Waals surface area contributed by atoms with Crippen LogP contribution in [0.5, 0.6) is 0 Å². The SMILES string of the molecule is O=C(Nc1nc(-c2ccccc2)cs1)c1ccsc1NC(=O)C(F)(F)F. The van der Waals surface area contributed by atoms with Gasteiger partial charge in [-0.2, -0.15) is 13.2 Å². The number of alkyl halides is 3. The molecule has 0 spiro atoms. The van der Waals surface area contributed by atoms with Crippen molar-refractivity contribution in [3.8, 4) is 11.3 Å². The summed E-state index contributed by atoms with van der Waals surface area (Å²) in [4.78, 5) is 27.6. The maximum Gasteiger partial charge on any atom is 0.471 e. The van der Waals surface area contributed by atoms with Crippen molar-refractivity contribution in [1.29, 1.82) is 0 Å². The lowest BCUT2D eigenvalue weighted by Gasteiger charge is -2.08. The van der Waals surface area contributed by atoms with Gasteiger partial charge in [-0.05, 0) is 11.4 Å². The summed E-state index contributed by atoms with van der Waals surface area (Å²) in [7, 11) is 0. The fourth-order valence-electron chi connectivity index (χ4n) is 2.00. The summed E-state index contributed by atoms with van der Waals surface area (Å²) in [6.45, 7) is 0. The van der Waals surface area contributed by atoms with Gasteiger partial charge < -0.3 is 5.32 Å². The monoisotopic (exact) mass is 397 g/mol. The second-order valence-electron chi connectivity index (χ2n) is 4.97. The van der Waals surface area contributed by atoms with Crippen LogP contribution in [0.4, 0.5) is 23.3 Å². The van der Waals surface area contributed by atoms with Gasteiger partial charge in [0, 0.05) is 10.9 Å². The lowest BCUT2D eigenvalue weighted by molar-refractivity contribution is -0.167. The minimum absolute atomic E-state index is 0.0657. The van der Waals surface area contributed by atoms with Crippen LogP contribution in [0.1, 0.15) is 10.4 Å². The molecular weight excluding hydrogens is 387 g/mol. The topological polar surface area (TPSA) is 71.1 Å². The lowest BCUT2D eigenvalue weighted by atomic mass is 10.2. The van der Waals surface area contributed by atoms with Crippen LogP contribution in [-0.2, 0) is 4.79 Å². The molecule has 0 saturated heterocycles. The summed E-state index contributed by atoms with van der Waals surface area (Å²) in [5, 5.41) is 7.53. The first kappa shape index (κ1) is 18.1. The van der Waals surface area contributed by atoms with Crippen molar-refractivity contribution < 1.29 is 22.8 Å². The maximum absolute atomic E-state index is 12.4. The van der Waals surface area contributed by atoms with Gasteiger partial charge in [-0.25, -0.2) is 4.98 Å². The molecule has 0 aliphatic rings. The van der Waals surface area contributed by atoms with Crippen LogP contribution in [0, 0.1) is 0 Å². The van der Waals surface area contributed by atoms with E-state index in [4.69, 9.17) is 0 Å². The number of thiazole rings is 1. The molecule has 2 heterocycles. The first-order valence-electron chi connectivity index (χ1n) is 7.12. The van der Waals surface area contributed by atoms with E-state index in [0.29, 0.717) is 10.8 Å². The van der Waals surface area contributed by atoms with Crippen molar-refractivity contribution in [1.82, 2.24) is 4.98 Å². The third kappa shape index (κ3) is 4.09. The molecule has 5 nitrogen and oxygen atoms in total. The number of hydrogen-bond acceptors (Lipinski definition) is 5. The Morgan fingerprint density at radius 1 is 1.00 bits per heavy atom. The molecule has 0 unspecified atom stereocenters. The average Bonchev–Trinajstić information content (AvgIpc) is 3.24. The number of halogens is 3. The highest BCUT2D eigenvalue weighted by molar-refractivity contribution is 7.15. The highest BCUT2D eigenvalue weighted by Crippen LogP contribution is 2.29. The number of nitrogens with one attached hydrogen (secondary N) is 2. The van der Waals surface area contributed by atoms with Crippen molar-refractivity contribution >= 4 is 44.6 Å². The molecule has 0 atom stereocenters. The Balaban J connectivity index is 1.73. The highest BCUT2D eigenvalue weighted by Gasteiger charge is 2.39. The number of aromatic nitrogens is 1. The molecule has 2 amide bonds. The zero-order chi connectivity index (χ0) is 18.7. The predicted molar refractivity (Wildman–Crippen MR) is 94.5 cm³/mol. The van der Waals surface area contributed by atoms with E-state index in [-0.39, 0.29) is 10.6 Å². The van der Waals surface area contributed by atoms with E-state index >= 15 is 0 Å². The molecule has 0 fully saturated rings. The molecule has 0 radical (unpaired) electrons. The molecule has 26 heavy (non-hydrogen) atoms. The Kier molecular flexibility index (Phi) is 5.05. The molecule has 134 valence electrons. The molecule has 0 aliphatic carbocycles. The standard InChI is InChI=1S/C16H10F3N3O2S2/c17-16(18,19)14(24)22-13-10(6-7-25-13)12(23)21-15-20-11(8-26-15)9-4-2-1-3-5-9/h1-8H,(H,22,24)(H,20,21,23). The normalized spacial score (nSPS) is 11.2. The van der Waals surface area contributed by atoms with E-state index in [1.54, 1.807) is 10.7 Å². The molecule has 10 heteroatoms. The minimum atomic E-state index is -5.03. The number of benzene rings is 1.